The van der Waals surface area contributed by atoms with E-state index in [1.807, 2.05) is 13.1 Å². The van der Waals surface area contributed by atoms with Gasteiger partial charge in [0.1, 0.15) is 4.60 Å². The molecule has 3 aromatic rings. The number of pyridine rings is 1. The van der Waals surface area contributed by atoms with E-state index in [9.17, 15) is 0 Å². The molecule has 20 heavy (non-hydrogen) atoms. The van der Waals surface area contributed by atoms with Crippen molar-refractivity contribution in [2.45, 2.75) is 27.3 Å². The molecule has 0 saturated heterocycles. The largest absolute Gasteiger partial charge is 0.378 e. The average Bonchev–Trinajstić information content (AvgIpc) is 2.87. The minimum Gasteiger partial charge on any atom is -0.378 e. The van der Waals surface area contributed by atoms with Crippen LogP contribution in [0, 0.1) is 20.8 Å². The Balaban J connectivity index is 1.85. The summed E-state index contributed by atoms with van der Waals surface area (Å²) in [7, 11) is 0. The predicted molar refractivity (Wildman–Crippen MR) is 86.5 cm³/mol. The van der Waals surface area contributed by atoms with Crippen LogP contribution in [-0.2, 0) is 6.54 Å². The molecular weight excluding hydrogens is 336 g/mol. The Morgan fingerprint density at radius 2 is 2.15 bits per heavy atom. The minimum absolute atomic E-state index is 0.742. The van der Waals surface area contributed by atoms with E-state index in [2.05, 4.69) is 61.7 Å². The van der Waals surface area contributed by atoms with Gasteiger partial charge in [-0.15, -0.1) is 11.3 Å². The number of aryl methyl sites for hydroxylation is 3. The third kappa shape index (κ3) is 2.45. The van der Waals surface area contributed by atoms with E-state index in [-0.39, 0.29) is 0 Å². The number of nitrogens with one attached hydrogen (secondary N) is 1. The highest BCUT2D eigenvalue weighted by Gasteiger charge is 2.10. The summed E-state index contributed by atoms with van der Waals surface area (Å²) in [5, 5.41) is 3.42. The number of halogens is 1. The first-order valence-corrected chi connectivity index (χ1v) is 7.95. The van der Waals surface area contributed by atoms with Gasteiger partial charge < -0.3 is 5.32 Å². The second-order valence-electron chi connectivity index (χ2n) is 4.82. The highest BCUT2D eigenvalue weighted by molar-refractivity contribution is 9.10. The molecule has 0 aliphatic heterocycles. The highest BCUT2D eigenvalue weighted by Crippen LogP contribution is 2.22. The molecule has 0 aromatic carbocycles. The maximum atomic E-state index is 4.60. The highest BCUT2D eigenvalue weighted by atomic mass is 79.9. The van der Waals surface area contributed by atoms with E-state index in [1.54, 1.807) is 11.3 Å². The fourth-order valence-corrected chi connectivity index (χ4v) is 3.27. The minimum atomic E-state index is 0.742. The van der Waals surface area contributed by atoms with E-state index < -0.39 is 0 Å². The quantitative estimate of drug-likeness (QED) is 0.723. The van der Waals surface area contributed by atoms with Crippen molar-refractivity contribution >= 4 is 37.9 Å². The standard InChI is InChI=1S/C14H15BrN4S/c1-8-4-11(5-17-13(8)15)16-6-12-10(3)18-14-19(12)7-9(2)20-14/h4-5,7,16H,6H2,1-3H3. The van der Waals surface area contributed by atoms with Crippen molar-refractivity contribution in [3.63, 3.8) is 0 Å². The van der Waals surface area contributed by atoms with Crippen LogP contribution in [0.25, 0.3) is 4.96 Å². The molecule has 4 nitrogen and oxygen atoms in total. The Kier molecular flexibility index (Phi) is 3.52. The van der Waals surface area contributed by atoms with E-state index in [4.69, 9.17) is 0 Å². The van der Waals surface area contributed by atoms with Gasteiger partial charge in [0.15, 0.2) is 4.96 Å². The fourth-order valence-electron chi connectivity index (χ4n) is 2.16. The van der Waals surface area contributed by atoms with Gasteiger partial charge >= 0.3 is 0 Å². The number of anilines is 1. The van der Waals surface area contributed by atoms with Crippen molar-refractivity contribution < 1.29 is 0 Å². The van der Waals surface area contributed by atoms with Gasteiger partial charge in [-0.05, 0) is 48.3 Å². The predicted octanol–water partition coefficient (Wildman–Crippen LogP) is 4.09. The number of hydrogen-bond acceptors (Lipinski definition) is 4. The van der Waals surface area contributed by atoms with Crippen molar-refractivity contribution in [2.24, 2.45) is 0 Å². The Morgan fingerprint density at radius 1 is 1.35 bits per heavy atom. The van der Waals surface area contributed by atoms with Crippen LogP contribution in [-0.4, -0.2) is 14.4 Å². The molecule has 0 saturated carbocycles. The van der Waals surface area contributed by atoms with Crippen LogP contribution in [0.3, 0.4) is 0 Å². The van der Waals surface area contributed by atoms with Gasteiger partial charge in [-0.3, -0.25) is 4.40 Å². The summed E-state index contributed by atoms with van der Waals surface area (Å²) in [4.78, 5) is 11.2. The van der Waals surface area contributed by atoms with Crippen LogP contribution >= 0.6 is 27.3 Å². The number of aromatic nitrogens is 3. The Bertz CT molecular complexity index is 775. The monoisotopic (exact) mass is 350 g/mol. The molecule has 0 atom stereocenters. The van der Waals surface area contributed by atoms with E-state index in [0.29, 0.717) is 0 Å². The lowest BCUT2D eigenvalue weighted by Crippen LogP contribution is -2.04. The van der Waals surface area contributed by atoms with Crippen molar-refractivity contribution in [2.75, 3.05) is 5.32 Å². The molecule has 3 heterocycles. The van der Waals surface area contributed by atoms with Crippen LogP contribution in [0.5, 0.6) is 0 Å². The molecule has 104 valence electrons. The van der Waals surface area contributed by atoms with Crippen LogP contribution in [0.15, 0.2) is 23.1 Å². The first kappa shape index (κ1) is 13.6. The number of hydrogen-bond donors (Lipinski definition) is 1. The summed E-state index contributed by atoms with van der Waals surface area (Å²) in [5.74, 6) is 0. The zero-order valence-electron chi connectivity index (χ0n) is 11.6. The first-order valence-electron chi connectivity index (χ1n) is 6.34. The maximum Gasteiger partial charge on any atom is 0.194 e. The average molecular weight is 351 g/mol. The van der Waals surface area contributed by atoms with E-state index in [1.165, 1.54) is 10.6 Å². The fraction of sp³-hybridized carbons (Fsp3) is 0.286. The normalized spacial score (nSPS) is 11.2. The zero-order valence-corrected chi connectivity index (χ0v) is 14.0. The summed E-state index contributed by atoms with van der Waals surface area (Å²) >= 11 is 5.13. The Morgan fingerprint density at radius 3 is 2.90 bits per heavy atom. The number of imidazole rings is 1. The molecule has 0 unspecified atom stereocenters. The molecule has 0 amide bonds. The van der Waals surface area contributed by atoms with Gasteiger partial charge in [0, 0.05) is 11.1 Å². The molecule has 1 N–H and O–H groups in total. The molecule has 0 radical (unpaired) electrons. The van der Waals surface area contributed by atoms with Crippen molar-refractivity contribution in [3.8, 4) is 0 Å². The van der Waals surface area contributed by atoms with Crippen LogP contribution in [0.1, 0.15) is 21.8 Å². The molecule has 0 bridgehead atoms. The number of thiazole rings is 1. The van der Waals surface area contributed by atoms with Gasteiger partial charge in [-0.25, -0.2) is 9.97 Å². The summed E-state index contributed by atoms with van der Waals surface area (Å²) < 4.78 is 3.06. The molecule has 0 aliphatic rings. The molecule has 6 heteroatoms. The van der Waals surface area contributed by atoms with Gasteiger partial charge in [0.2, 0.25) is 0 Å². The van der Waals surface area contributed by atoms with Gasteiger partial charge in [-0.1, -0.05) is 0 Å². The number of nitrogens with zero attached hydrogens (tertiary/aromatic N) is 3. The SMILES string of the molecule is Cc1cn2c(CNc3cnc(Br)c(C)c3)c(C)nc2s1. The first-order chi connectivity index (χ1) is 9.54. The smallest absolute Gasteiger partial charge is 0.194 e. The van der Waals surface area contributed by atoms with Gasteiger partial charge in [-0.2, -0.15) is 0 Å². The topological polar surface area (TPSA) is 42.2 Å². The van der Waals surface area contributed by atoms with Crippen molar-refractivity contribution in [1.29, 1.82) is 0 Å². The molecule has 0 fully saturated rings. The van der Waals surface area contributed by atoms with Crippen LogP contribution in [0.2, 0.25) is 0 Å². The van der Waals surface area contributed by atoms with E-state index in [0.717, 1.165) is 33.1 Å². The summed E-state index contributed by atoms with van der Waals surface area (Å²) in [6.45, 7) is 6.93. The Hall–Kier alpha value is -1.40. The lowest BCUT2D eigenvalue weighted by Gasteiger charge is -2.07. The zero-order chi connectivity index (χ0) is 14.3. The number of fused-ring (bicyclic) bond motifs is 1. The second-order valence-corrected chi connectivity index (χ2v) is 6.79. The van der Waals surface area contributed by atoms with E-state index >= 15 is 0 Å². The second kappa shape index (κ2) is 5.18. The summed E-state index contributed by atoms with van der Waals surface area (Å²) in [6, 6.07) is 2.09. The lowest BCUT2D eigenvalue weighted by atomic mass is 10.3. The van der Waals surface area contributed by atoms with Crippen molar-refractivity contribution in [1.82, 2.24) is 14.4 Å². The Labute approximate surface area is 130 Å². The third-order valence-corrected chi connectivity index (χ3v) is 4.94. The molecule has 0 aliphatic carbocycles. The lowest BCUT2D eigenvalue weighted by molar-refractivity contribution is 0.987. The molecule has 3 aromatic heterocycles. The maximum absolute atomic E-state index is 4.60. The van der Waals surface area contributed by atoms with Gasteiger partial charge in [0.25, 0.3) is 0 Å². The van der Waals surface area contributed by atoms with Crippen LogP contribution in [0.4, 0.5) is 5.69 Å². The third-order valence-electron chi connectivity index (χ3n) is 3.22. The molecule has 0 spiro atoms. The van der Waals surface area contributed by atoms with Crippen molar-refractivity contribution in [3.05, 3.63) is 44.9 Å². The summed E-state index contributed by atoms with van der Waals surface area (Å²) in [6.07, 6.45) is 3.98. The molecular formula is C14H15BrN4S. The number of rotatable bonds is 3. The molecule has 3 rings (SSSR count). The summed E-state index contributed by atoms with van der Waals surface area (Å²) in [5.41, 5.74) is 4.42. The van der Waals surface area contributed by atoms with Crippen LogP contribution < -0.4 is 5.32 Å². The van der Waals surface area contributed by atoms with Gasteiger partial charge in [0.05, 0.1) is 29.8 Å².